The molecule has 2 atom stereocenters. The fourth-order valence-electron chi connectivity index (χ4n) is 6.19. The first kappa shape index (κ1) is 27.0. The number of aryl methyl sites for hydroxylation is 1. The van der Waals surface area contributed by atoms with Crippen molar-refractivity contribution in [2.45, 2.75) is 56.7 Å². The predicted molar refractivity (Wildman–Crippen MR) is 151 cm³/mol. The number of rotatable bonds is 7. The highest BCUT2D eigenvalue weighted by molar-refractivity contribution is 6.10. The van der Waals surface area contributed by atoms with Crippen LogP contribution in [0.5, 0.6) is 11.5 Å². The summed E-state index contributed by atoms with van der Waals surface area (Å²) in [6.07, 6.45) is 9.81. The molecule has 3 N–H and O–H groups in total. The number of benzene rings is 1. The Labute approximate surface area is 238 Å². The van der Waals surface area contributed by atoms with E-state index >= 15 is 0 Å². The number of anilines is 1. The van der Waals surface area contributed by atoms with Gasteiger partial charge in [-0.1, -0.05) is 31.4 Å². The number of aromatic nitrogens is 4. The maximum absolute atomic E-state index is 14.2. The van der Waals surface area contributed by atoms with Crippen molar-refractivity contribution < 1.29 is 19.1 Å². The van der Waals surface area contributed by atoms with Crippen LogP contribution in [0.1, 0.15) is 37.8 Å². The standard InChI is InChI=1S/C29H36N8O4/c1-20-15-25(34-28(33-20)36-12-11-31-19-36)35-13-14-37(21-7-3-2-4-8-21)29(18-35,26(30)38)27(39)32-16-22-17-40-23-9-5-6-10-24(23)41-22/h5-6,9-12,15,19,21-22H,2-4,7-8,13-14,16-18H2,1H3,(H2,30,38)(H,32,39). The zero-order chi connectivity index (χ0) is 28.4. The van der Waals surface area contributed by atoms with Crippen molar-refractivity contribution in [2.75, 3.05) is 37.7 Å². The van der Waals surface area contributed by atoms with Crippen LogP contribution in [-0.2, 0) is 9.59 Å². The van der Waals surface area contributed by atoms with Crippen molar-refractivity contribution >= 4 is 17.6 Å². The van der Waals surface area contributed by atoms with Crippen LogP contribution in [0.25, 0.3) is 5.95 Å². The smallest absolute Gasteiger partial charge is 0.252 e. The van der Waals surface area contributed by atoms with E-state index in [2.05, 4.69) is 20.2 Å². The Morgan fingerprint density at radius 2 is 1.93 bits per heavy atom. The number of primary amides is 1. The molecule has 2 aliphatic heterocycles. The van der Waals surface area contributed by atoms with Crippen LogP contribution in [0, 0.1) is 6.92 Å². The number of hydrogen-bond acceptors (Lipinski definition) is 9. The molecule has 2 amide bonds. The summed E-state index contributed by atoms with van der Waals surface area (Å²) in [6.45, 7) is 3.53. The fraction of sp³-hybridized carbons (Fsp3) is 0.483. The summed E-state index contributed by atoms with van der Waals surface area (Å²) in [5, 5.41) is 3.00. The lowest BCUT2D eigenvalue weighted by Gasteiger charge is -2.51. The predicted octanol–water partition coefficient (Wildman–Crippen LogP) is 1.61. The summed E-state index contributed by atoms with van der Waals surface area (Å²) in [4.78, 5) is 45.1. The van der Waals surface area contributed by atoms with E-state index in [-0.39, 0.29) is 25.7 Å². The first-order valence-electron chi connectivity index (χ1n) is 14.3. The number of ether oxygens (including phenoxy) is 2. The maximum atomic E-state index is 14.2. The number of nitrogens with zero attached hydrogens (tertiary/aromatic N) is 6. The average Bonchev–Trinajstić information content (AvgIpc) is 3.55. The SMILES string of the molecule is Cc1cc(N2CCN(C3CCCCC3)C(C(N)=O)(C(=O)NCC3COc4ccccc4O3)C2)nc(-n2ccnc2)n1. The lowest BCUT2D eigenvalue weighted by Crippen LogP contribution is -2.76. The highest BCUT2D eigenvalue weighted by atomic mass is 16.6. The molecule has 1 aromatic carbocycles. The number of nitrogens with one attached hydrogen (secondary N) is 1. The monoisotopic (exact) mass is 560 g/mol. The summed E-state index contributed by atoms with van der Waals surface area (Å²) in [7, 11) is 0. The van der Waals surface area contributed by atoms with Gasteiger partial charge in [-0.3, -0.25) is 19.1 Å². The Balaban J connectivity index is 1.28. The van der Waals surface area contributed by atoms with Gasteiger partial charge in [0.1, 0.15) is 24.9 Å². The molecule has 12 nitrogen and oxygen atoms in total. The van der Waals surface area contributed by atoms with E-state index in [1.54, 1.807) is 23.3 Å². The fourth-order valence-corrected chi connectivity index (χ4v) is 6.19. The van der Waals surface area contributed by atoms with Crippen LogP contribution in [0.3, 0.4) is 0 Å². The topological polar surface area (TPSA) is 141 Å². The summed E-state index contributed by atoms with van der Waals surface area (Å²) < 4.78 is 13.6. The Kier molecular flexibility index (Phi) is 7.48. The molecule has 2 unspecified atom stereocenters. The molecule has 2 aromatic heterocycles. The third-order valence-corrected chi connectivity index (χ3v) is 8.27. The summed E-state index contributed by atoms with van der Waals surface area (Å²) in [5.41, 5.74) is 5.36. The average molecular weight is 561 g/mol. The first-order chi connectivity index (χ1) is 19.9. The molecular weight excluding hydrogens is 524 g/mol. The second-order valence-corrected chi connectivity index (χ2v) is 11.0. The van der Waals surface area contributed by atoms with Crippen LogP contribution in [0.15, 0.2) is 49.1 Å². The van der Waals surface area contributed by atoms with Crippen LogP contribution >= 0.6 is 0 Å². The molecule has 4 heterocycles. The second kappa shape index (κ2) is 11.4. The van der Waals surface area contributed by atoms with Crippen molar-refractivity contribution in [3.8, 4) is 17.4 Å². The highest BCUT2D eigenvalue weighted by Crippen LogP contribution is 2.34. The van der Waals surface area contributed by atoms with E-state index in [1.807, 2.05) is 42.2 Å². The van der Waals surface area contributed by atoms with E-state index in [9.17, 15) is 9.59 Å². The molecule has 2 fully saturated rings. The van der Waals surface area contributed by atoms with Gasteiger partial charge in [0, 0.05) is 43.3 Å². The first-order valence-corrected chi connectivity index (χ1v) is 14.3. The Bertz CT molecular complexity index is 1390. The molecule has 41 heavy (non-hydrogen) atoms. The molecule has 1 saturated carbocycles. The van der Waals surface area contributed by atoms with Gasteiger partial charge >= 0.3 is 0 Å². The lowest BCUT2D eigenvalue weighted by atomic mass is 9.85. The zero-order valence-corrected chi connectivity index (χ0v) is 23.2. The minimum atomic E-state index is -1.58. The van der Waals surface area contributed by atoms with Crippen LogP contribution in [-0.4, -0.2) is 86.7 Å². The Hall–Kier alpha value is -4.19. The van der Waals surface area contributed by atoms with Crippen molar-refractivity contribution in [3.05, 3.63) is 54.7 Å². The number of fused-ring (bicyclic) bond motifs is 1. The van der Waals surface area contributed by atoms with Crippen LogP contribution < -0.4 is 25.4 Å². The van der Waals surface area contributed by atoms with Crippen molar-refractivity contribution in [2.24, 2.45) is 5.73 Å². The van der Waals surface area contributed by atoms with Crippen molar-refractivity contribution in [3.63, 3.8) is 0 Å². The molecule has 3 aromatic rings. The lowest BCUT2D eigenvalue weighted by molar-refractivity contribution is -0.148. The molecule has 0 bridgehead atoms. The quantitative estimate of drug-likeness (QED) is 0.412. The number of carbonyl (C=O) groups is 2. The largest absolute Gasteiger partial charge is 0.486 e. The second-order valence-electron chi connectivity index (χ2n) is 11.0. The molecule has 1 aliphatic carbocycles. The van der Waals surface area contributed by atoms with Crippen LogP contribution in [0.2, 0.25) is 0 Å². The number of carbonyl (C=O) groups excluding carboxylic acids is 2. The minimum absolute atomic E-state index is 0.0787. The van der Waals surface area contributed by atoms with Gasteiger partial charge in [0.05, 0.1) is 13.1 Å². The zero-order valence-electron chi connectivity index (χ0n) is 23.2. The van der Waals surface area contributed by atoms with Gasteiger partial charge in [-0.25, -0.2) is 9.97 Å². The van der Waals surface area contributed by atoms with E-state index in [1.165, 1.54) is 0 Å². The summed E-state index contributed by atoms with van der Waals surface area (Å²) in [6, 6.07) is 9.39. The van der Waals surface area contributed by atoms with Gasteiger partial charge in [-0.2, -0.15) is 4.98 Å². The molecule has 0 spiro atoms. The van der Waals surface area contributed by atoms with Crippen LogP contribution in [0.4, 0.5) is 5.82 Å². The van der Waals surface area contributed by atoms with Gasteiger partial charge in [0.2, 0.25) is 11.9 Å². The van der Waals surface area contributed by atoms with E-state index in [0.29, 0.717) is 36.4 Å². The van der Waals surface area contributed by atoms with E-state index in [4.69, 9.17) is 20.2 Å². The highest BCUT2D eigenvalue weighted by Gasteiger charge is 2.55. The maximum Gasteiger partial charge on any atom is 0.252 e. The molecular formula is C29H36N8O4. The minimum Gasteiger partial charge on any atom is -0.486 e. The summed E-state index contributed by atoms with van der Waals surface area (Å²) >= 11 is 0. The molecule has 1 saturated heterocycles. The molecule has 0 radical (unpaired) electrons. The molecule has 3 aliphatic rings. The molecule has 12 heteroatoms. The molecule has 6 rings (SSSR count). The number of hydrogen-bond donors (Lipinski definition) is 2. The van der Waals surface area contributed by atoms with E-state index < -0.39 is 23.5 Å². The Morgan fingerprint density at radius 1 is 1.12 bits per heavy atom. The van der Waals surface area contributed by atoms with Gasteiger partial charge in [-0.05, 0) is 31.9 Å². The number of nitrogens with two attached hydrogens (primary N) is 1. The van der Waals surface area contributed by atoms with Gasteiger partial charge < -0.3 is 25.4 Å². The van der Waals surface area contributed by atoms with Gasteiger partial charge in [0.15, 0.2) is 17.0 Å². The van der Waals surface area contributed by atoms with Crippen molar-refractivity contribution in [1.29, 1.82) is 0 Å². The number of para-hydroxylation sites is 2. The molecule has 216 valence electrons. The van der Waals surface area contributed by atoms with Gasteiger partial charge in [-0.15, -0.1) is 0 Å². The van der Waals surface area contributed by atoms with Gasteiger partial charge in [0.25, 0.3) is 5.91 Å². The number of imidazole rings is 1. The number of piperazine rings is 1. The van der Waals surface area contributed by atoms with Crippen molar-refractivity contribution in [1.82, 2.24) is 29.7 Å². The third kappa shape index (κ3) is 5.31. The Morgan fingerprint density at radius 3 is 2.68 bits per heavy atom. The summed E-state index contributed by atoms with van der Waals surface area (Å²) in [5.74, 6) is 1.30. The normalized spacial score (nSPS) is 23.2. The van der Waals surface area contributed by atoms with E-state index in [0.717, 1.165) is 37.8 Å². The number of amides is 2. The third-order valence-electron chi connectivity index (χ3n) is 8.27.